The second kappa shape index (κ2) is 17.3. The zero-order chi connectivity index (χ0) is 26.9. The molecule has 0 aromatic heterocycles. The van der Waals surface area contributed by atoms with Gasteiger partial charge in [-0.25, -0.2) is 13.2 Å². The van der Waals surface area contributed by atoms with Gasteiger partial charge >= 0.3 is 5.97 Å². The van der Waals surface area contributed by atoms with E-state index in [0.717, 1.165) is 19.3 Å². The van der Waals surface area contributed by atoms with Gasteiger partial charge in [-0.3, -0.25) is 4.72 Å². The van der Waals surface area contributed by atoms with Gasteiger partial charge in [-0.05, 0) is 48.9 Å². The van der Waals surface area contributed by atoms with Crippen molar-refractivity contribution in [3.05, 3.63) is 53.1 Å². The molecule has 0 spiro atoms. The summed E-state index contributed by atoms with van der Waals surface area (Å²) in [7, 11) is -3.94. The number of aromatic hydroxyl groups is 1. The maximum atomic E-state index is 12.6. The number of nitrogens with one attached hydrogen (secondary N) is 1. The molecule has 2 rings (SSSR count). The molecule has 0 unspecified atom stereocenters. The maximum Gasteiger partial charge on any atom is 0.338 e. The molecule has 0 saturated heterocycles. The Bertz CT molecular complexity index is 1040. The quantitative estimate of drug-likeness (QED) is 0.135. The molecule has 0 bridgehead atoms. The number of phenols is 1. The normalized spacial score (nSPS) is 11.4. The van der Waals surface area contributed by atoms with Crippen molar-refractivity contribution in [1.82, 2.24) is 0 Å². The lowest BCUT2D eigenvalue weighted by Crippen LogP contribution is -2.14. The number of carbonyl (C=O) groups is 1. The Balaban J connectivity index is 1.62. The zero-order valence-corrected chi connectivity index (χ0v) is 23.6. The summed E-state index contributed by atoms with van der Waals surface area (Å²) in [4.78, 5) is 12.4. The predicted octanol–water partition coefficient (Wildman–Crippen LogP) is 8.48. The molecule has 37 heavy (non-hydrogen) atoms. The molecule has 206 valence electrons. The Morgan fingerprint density at radius 3 is 1.86 bits per heavy atom. The Kier molecular flexibility index (Phi) is 14.5. The highest BCUT2D eigenvalue weighted by Crippen LogP contribution is 2.27. The summed E-state index contributed by atoms with van der Waals surface area (Å²) < 4.78 is 33.0. The fourth-order valence-corrected chi connectivity index (χ4v) is 5.40. The van der Waals surface area contributed by atoms with Crippen LogP contribution in [-0.4, -0.2) is 26.1 Å². The van der Waals surface area contributed by atoms with Crippen molar-refractivity contribution >= 4 is 33.3 Å². The molecule has 0 amide bonds. The monoisotopic (exact) mass is 551 g/mol. The number of hydrogen-bond acceptors (Lipinski definition) is 5. The third kappa shape index (κ3) is 12.2. The topological polar surface area (TPSA) is 92.7 Å². The molecule has 8 heteroatoms. The Morgan fingerprint density at radius 2 is 1.32 bits per heavy atom. The highest BCUT2D eigenvalue weighted by Gasteiger charge is 2.18. The highest BCUT2D eigenvalue weighted by atomic mass is 35.5. The minimum atomic E-state index is -3.94. The molecule has 0 heterocycles. The van der Waals surface area contributed by atoms with Crippen LogP contribution in [0.1, 0.15) is 107 Å². The van der Waals surface area contributed by atoms with Gasteiger partial charge in [-0.2, -0.15) is 0 Å². The lowest BCUT2D eigenvalue weighted by Gasteiger charge is -2.11. The number of rotatable bonds is 19. The standard InChI is InChI=1S/C29H42ClNO5S/c1-2-3-4-5-6-7-8-9-10-11-12-13-14-15-22-36-29(33)24-16-21-27(30)28(23-24)31-37(34,35)26-19-17-25(32)18-20-26/h16-21,23,31-32H,2-15,22H2,1H3. The first-order valence-corrected chi connectivity index (χ1v) is 15.5. The van der Waals surface area contributed by atoms with Crippen LogP contribution in [0, 0.1) is 0 Å². The summed E-state index contributed by atoms with van der Waals surface area (Å²) in [5.74, 6) is -0.558. The minimum Gasteiger partial charge on any atom is -0.508 e. The Morgan fingerprint density at radius 1 is 0.811 bits per heavy atom. The van der Waals surface area contributed by atoms with E-state index >= 15 is 0 Å². The van der Waals surface area contributed by atoms with E-state index in [1.54, 1.807) is 0 Å². The summed E-state index contributed by atoms with van der Waals surface area (Å²) in [6.45, 7) is 2.58. The Labute approximate surface area is 227 Å². The molecule has 0 aliphatic carbocycles. The molecule has 0 aliphatic rings. The predicted molar refractivity (Wildman–Crippen MR) is 151 cm³/mol. The minimum absolute atomic E-state index is 0.0350. The van der Waals surface area contributed by atoms with Crippen LogP contribution in [0.2, 0.25) is 5.02 Å². The number of ether oxygens (including phenoxy) is 1. The summed E-state index contributed by atoms with van der Waals surface area (Å²) in [5, 5.41) is 9.53. The summed E-state index contributed by atoms with van der Waals surface area (Å²) in [6, 6.07) is 9.45. The van der Waals surface area contributed by atoms with Crippen LogP contribution in [0.5, 0.6) is 5.75 Å². The number of carbonyl (C=O) groups excluding carboxylic acids is 1. The van der Waals surface area contributed by atoms with Crippen LogP contribution in [0.15, 0.2) is 47.4 Å². The molecule has 2 N–H and O–H groups in total. The third-order valence-electron chi connectivity index (χ3n) is 6.32. The van der Waals surface area contributed by atoms with E-state index in [-0.39, 0.29) is 26.9 Å². The van der Waals surface area contributed by atoms with Crippen LogP contribution in [0.3, 0.4) is 0 Å². The first-order valence-electron chi connectivity index (χ1n) is 13.6. The van der Waals surface area contributed by atoms with Gasteiger partial charge in [0.1, 0.15) is 5.75 Å². The molecular formula is C29H42ClNO5S. The number of hydrogen-bond donors (Lipinski definition) is 2. The van der Waals surface area contributed by atoms with Crippen molar-refractivity contribution in [3.8, 4) is 5.75 Å². The van der Waals surface area contributed by atoms with E-state index in [1.807, 2.05) is 0 Å². The van der Waals surface area contributed by atoms with Crippen molar-refractivity contribution in [2.45, 2.75) is 102 Å². The number of anilines is 1. The lowest BCUT2D eigenvalue weighted by molar-refractivity contribution is 0.0497. The fourth-order valence-electron chi connectivity index (χ4n) is 4.10. The van der Waals surface area contributed by atoms with E-state index in [2.05, 4.69) is 11.6 Å². The number of halogens is 1. The van der Waals surface area contributed by atoms with Gasteiger partial charge in [0, 0.05) is 0 Å². The van der Waals surface area contributed by atoms with Gasteiger partial charge in [-0.1, -0.05) is 102 Å². The van der Waals surface area contributed by atoms with E-state index in [0.29, 0.717) is 6.61 Å². The first-order chi connectivity index (χ1) is 17.8. The van der Waals surface area contributed by atoms with E-state index in [4.69, 9.17) is 16.3 Å². The van der Waals surface area contributed by atoms with Gasteiger partial charge < -0.3 is 9.84 Å². The maximum absolute atomic E-state index is 12.6. The van der Waals surface area contributed by atoms with Gasteiger partial charge in [0.2, 0.25) is 0 Å². The van der Waals surface area contributed by atoms with Crippen LogP contribution in [0.4, 0.5) is 5.69 Å². The van der Waals surface area contributed by atoms with Gasteiger partial charge in [0.25, 0.3) is 10.0 Å². The summed E-state index contributed by atoms with van der Waals surface area (Å²) in [5.41, 5.74) is 0.304. The van der Waals surface area contributed by atoms with Crippen molar-refractivity contribution < 1.29 is 23.1 Å². The molecule has 0 radical (unpaired) electrons. The molecule has 0 atom stereocenters. The van der Waals surface area contributed by atoms with Crippen molar-refractivity contribution in [2.24, 2.45) is 0 Å². The van der Waals surface area contributed by atoms with Crippen LogP contribution >= 0.6 is 11.6 Å². The van der Waals surface area contributed by atoms with E-state index < -0.39 is 16.0 Å². The molecule has 0 saturated carbocycles. The average molecular weight is 552 g/mol. The molecule has 2 aromatic carbocycles. The van der Waals surface area contributed by atoms with Gasteiger partial charge in [0.15, 0.2) is 0 Å². The molecule has 6 nitrogen and oxygen atoms in total. The van der Waals surface area contributed by atoms with Crippen LogP contribution < -0.4 is 4.72 Å². The fraction of sp³-hybridized carbons (Fsp3) is 0.552. The average Bonchev–Trinajstić information content (AvgIpc) is 2.87. The van der Waals surface area contributed by atoms with Crippen molar-refractivity contribution in [1.29, 1.82) is 0 Å². The molecule has 0 fully saturated rings. The number of unbranched alkanes of at least 4 members (excludes halogenated alkanes) is 13. The second-order valence-corrected chi connectivity index (χ2v) is 11.6. The molecule has 0 aliphatic heterocycles. The SMILES string of the molecule is CCCCCCCCCCCCCCCCOC(=O)c1ccc(Cl)c(NS(=O)(=O)c2ccc(O)cc2)c1. The van der Waals surface area contributed by atoms with Crippen molar-refractivity contribution in [3.63, 3.8) is 0 Å². The van der Waals surface area contributed by atoms with Gasteiger partial charge in [0.05, 0.1) is 27.8 Å². The lowest BCUT2D eigenvalue weighted by atomic mass is 10.0. The van der Waals surface area contributed by atoms with Gasteiger partial charge in [-0.15, -0.1) is 0 Å². The molecular weight excluding hydrogens is 510 g/mol. The highest BCUT2D eigenvalue weighted by molar-refractivity contribution is 7.92. The largest absolute Gasteiger partial charge is 0.508 e. The summed E-state index contributed by atoms with van der Waals surface area (Å²) >= 11 is 6.15. The van der Waals surface area contributed by atoms with E-state index in [9.17, 15) is 18.3 Å². The third-order valence-corrected chi connectivity index (χ3v) is 8.04. The number of esters is 1. The number of sulfonamides is 1. The van der Waals surface area contributed by atoms with Crippen LogP contribution in [-0.2, 0) is 14.8 Å². The number of benzene rings is 2. The molecule has 2 aromatic rings. The van der Waals surface area contributed by atoms with E-state index in [1.165, 1.54) is 113 Å². The van der Waals surface area contributed by atoms with Crippen molar-refractivity contribution in [2.75, 3.05) is 11.3 Å². The van der Waals surface area contributed by atoms with Crippen LogP contribution in [0.25, 0.3) is 0 Å². The second-order valence-electron chi connectivity index (χ2n) is 9.53. The number of phenolic OH excluding ortho intramolecular Hbond substituents is 1. The smallest absolute Gasteiger partial charge is 0.338 e. The zero-order valence-electron chi connectivity index (χ0n) is 22.0. The first kappa shape index (κ1) is 31.0. The Hall–Kier alpha value is -2.25. The summed E-state index contributed by atoms with van der Waals surface area (Å²) in [6.07, 6.45) is 17.6.